The third-order valence-corrected chi connectivity index (χ3v) is 3.35. The first kappa shape index (κ1) is 14.3. The van der Waals surface area contributed by atoms with E-state index >= 15 is 0 Å². The van der Waals surface area contributed by atoms with Crippen LogP contribution in [0, 0.1) is 5.39 Å². The van der Waals surface area contributed by atoms with Crippen molar-refractivity contribution < 1.29 is 9.15 Å². The number of piperidine rings is 1. The van der Waals surface area contributed by atoms with Gasteiger partial charge in [0.25, 0.3) is 5.39 Å². The zero-order chi connectivity index (χ0) is 14.4. The Morgan fingerprint density at radius 1 is 1.45 bits per heavy atom. The Morgan fingerprint density at radius 2 is 2.20 bits per heavy atom. The minimum Gasteiger partial charge on any atom is -0.490 e. The molecule has 0 spiro atoms. The largest absolute Gasteiger partial charge is 0.490 e. The van der Waals surface area contributed by atoms with E-state index in [1.165, 1.54) is 30.9 Å². The third kappa shape index (κ3) is 3.71. The molecule has 1 fully saturated rings. The average molecular weight is 279 g/mol. The molecule has 0 aromatic carbocycles. The van der Waals surface area contributed by atoms with Gasteiger partial charge in [0.15, 0.2) is 6.54 Å². The number of nitrogens with zero attached hydrogens (tertiary/aromatic N) is 4. The minimum absolute atomic E-state index is 0.164. The quantitative estimate of drug-likeness (QED) is 0.603. The van der Waals surface area contributed by atoms with E-state index in [1.807, 2.05) is 0 Å². The Kier molecular flexibility index (Phi) is 4.96. The highest BCUT2D eigenvalue weighted by Gasteiger charge is 2.22. The number of hydrogen-bond donors (Lipinski definition) is 0. The smallest absolute Gasteiger partial charge is 0.307 e. The van der Waals surface area contributed by atoms with Crippen molar-refractivity contribution in [2.45, 2.75) is 25.8 Å². The lowest BCUT2D eigenvalue weighted by Crippen LogP contribution is -2.37. The van der Waals surface area contributed by atoms with Gasteiger partial charge in [-0.2, -0.15) is 0 Å². The second-order valence-corrected chi connectivity index (χ2v) is 4.85. The number of methoxy groups -OCH3 is 1. The van der Waals surface area contributed by atoms with E-state index in [4.69, 9.17) is 14.5 Å². The van der Waals surface area contributed by atoms with Gasteiger partial charge >= 0.3 is 5.08 Å². The average Bonchev–Trinajstić information content (AvgIpc) is 2.48. The molecule has 0 atom stereocenters. The summed E-state index contributed by atoms with van der Waals surface area (Å²) in [6.07, 6.45) is 4.85. The maximum atomic E-state index is 11.6. The number of ether oxygens (including phenoxy) is 1. The third-order valence-electron chi connectivity index (χ3n) is 3.35. The molecule has 0 N–H and O–H groups in total. The van der Waals surface area contributed by atoms with E-state index in [-0.39, 0.29) is 17.7 Å². The molecule has 7 heteroatoms. The van der Waals surface area contributed by atoms with Gasteiger partial charge in [0, 0.05) is 19.2 Å². The molecule has 2 heterocycles. The monoisotopic (exact) mass is 279 g/mol. The van der Waals surface area contributed by atoms with Gasteiger partial charge in [0.2, 0.25) is 11.2 Å². The van der Waals surface area contributed by atoms with Gasteiger partial charge in [-0.1, -0.05) is 6.42 Å². The fourth-order valence-corrected chi connectivity index (χ4v) is 2.29. The maximum Gasteiger partial charge on any atom is 0.307 e. The van der Waals surface area contributed by atoms with Crippen LogP contribution in [-0.2, 0) is 6.54 Å². The van der Waals surface area contributed by atoms with Crippen molar-refractivity contribution in [2.75, 3.05) is 26.9 Å². The summed E-state index contributed by atoms with van der Waals surface area (Å²) in [4.78, 5) is 13.8. The lowest BCUT2D eigenvalue weighted by molar-refractivity contribution is 0.132. The molecular weight excluding hydrogens is 260 g/mol. The van der Waals surface area contributed by atoms with Gasteiger partial charge in [0.1, 0.15) is 18.7 Å². The van der Waals surface area contributed by atoms with Crippen molar-refractivity contribution in [1.82, 2.24) is 9.91 Å². The van der Waals surface area contributed by atoms with Crippen LogP contribution in [0.25, 0.3) is 5.08 Å². The number of likely N-dealkylation sites (tertiary alicyclic amines) is 1. The first-order valence-electron chi connectivity index (χ1n) is 6.71. The standard InChI is InChI=1S/C13H19N4O3/c1-19-13-9-20-11(7-12(13)18)8-17(15-14)10-16-5-3-2-4-6-16/h7,9H,2-6,8,10H2,1H3/q+1. The Bertz CT molecular complexity index is 531. The first-order chi connectivity index (χ1) is 9.72. The summed E-state index contributed by atoms with van der Waals surface area (Å²) in [7, 11) is 1.41. The van der Waals surface area contributed by atoms with Crippen LogP contribution in [0.3, 0.4) is 0 Å². The molecule has 20 heavy (non-hydrogen) atoms. The summed E-state index contributed by atoms with van der Waals surface area (Å²) >= 11 is 0. The fourth-order valence-electron chi connectivity index (χ4n) is 2.29. The Hall–Kier alpha value is -2.07. The van der Waals surface area contributed by atoms with Gasteiger partial charge in [-0.25, -0.2) is 0 Å². The van der Waals surface area contributed by atoms with Crippen LogP contribution < -0.4 is 10.2 Å². The molecule has 0 aliphatic carbocycles. The highest BCUT2D eigenvalue weighted by molar-refractivity contribution is 5.17. The van der Waals surface area contributed by atoms with Gasteiger partial charge in [-0.3, -0.25) is 9.69 Å². The summed E-state index contributed by atoms with van der Waals surface area (Å²) in [5, 5.41) is 13.8. The van der Waals surface area contributed by atoms with Crippen molar-refractivity contribution in [1.29, 1.82) is 5.39 Å². The van der Waals surface area contributed by atoms with E-state index in [2.05, 4.69) is 9.98 Å². The molecule has 108 valence electrons. The topological polar surface area (TPSA) is 74.1 Å². The number of diazo groups is 1. The Labute approximate surface area is 117 Å². The van der Waals surface area contributed by atoms with Gasteiger partial charge in [-0.05, 0) is 17.9 Å². The van der Waals surface area contributed by atoms with Crippen molar-refractivity contribution in [3.8, 4) is 5.75 Å². The highest BCUT2D eigenvalue weighted by Crippen LogP contribution is 2.12. The fraction of sp³-hybridized carbons (Fsp3) is 0.615. The summed E-state index contributed by atoms with van der Waals surface area (Å²) < 4.78 is 10.1. The van der Waals surface area contributed by atoms with E-state index in [0.29, 0.717) is 12.4 Å². The van der Waals surface area contributed by atoms with Crippen LogP contribution in [0.1, 0.15) is 25.0 Å². The summed E-state index contributed by atoms with van der Waals surface area (Å²) in [5.74, 6) is 0.600. The molecule has 1 aliphatic rings. The molecule has 0 saturated carbocycles. The normalized spacial score (nSPS) is 15.6. The van der Waals surface area contributed by atoms with Gasteiger partial charge < -0.3 is 9.15 Å². The lowest BCUT2D eigenvalue weighted by Gasteiger charge is -2.25. The molecule has 1 aliphatic heterocycles. The maximum absolute atomic E-state index is 11.6. The highest BCUT2D eigenvalue weighted by atomic mass is 16.5. The number of hydrogen-bond acceptors (Lipinski definition) is 6. The Morgan fingerprint density at radius 3 is 2.80 bits per heavy atom. The second-order valence-electron chi connectivity index (χ2n) is 4.85. The van der Waals surface area contributed by atoms with E-state index in [9.17, 15) is 4.79 Å². The van der Waals surface area contributed by atoms with E-state index < -0.39 is 0 Å². The Balaban J connectivity index is 1.97. The second kappa shape index (κ2) is 6.91. The molecule has 1 aromatic rings. The predicted molar refractivity (Wildman–Crippen MR) is 72.4 cm³/mol. The van der Waals surface area contributed by atoms with Crippen LogP contribution in [0.2, 0.25) is 0 Å². The SMILES string of the molecule is COc1coc(CN(CN2CCCCC2)[N+]#N)cc1=O. The molecule has 0 unspecified atom stereocenters. The molecule has 0 radical (unpaired) electrons. The van der Waals surface area contributed by atoms with Crippen LogP contribution in [0.4, 0.5) is 0 Å². The lowest BCUT2D eigenvalue weighted by atomic mass is 10.1. The van der Waals surface area contributed by atoms with Crippen molar-refractivity contribution in [2.24, 2.45) is 0 Å². The molecule has 2 rings (SSSR count). The molecule has 1 saturated heterocycles. The molecular formula is C13H19N4O3+. The minimum atomic E-state index is -0.246. The summed E-state index contributed by atoms with van der Waals surface area (Å²) in [6.45, 7) is 2.76. The van der Waals surface area contributed by atoms with E-state index in [0.717, 1.165) is 25.9 Å². The predicted octanol–water partition coefficient (Wildman–Crippen LogP) is 1.66. The molecule has 0 bridgehead atoms. The van der Waals surface area contributed by atoms with Crippen molar-refractivity contribution >= 4 is 0 Å². The molecule has 1 aromatic heterocycles. The first-order valence-corrected chi connectivity index (χ1v) is 6.71. The van der Waals surface area contributed by atoms with Crippen LogP contribution >= 0.6 is 0 Å². The van der Waals surface area contributed by atoms with Crippen LogP contribution in [-0.4, -0.2) is 36.8 Å². The van der Waals surface area contributed by atoms with Crippen molar-refractivity contribution in [3.05, 3.63) is 33.4 Å². The molecule has 7 nitrogen and oxygen atoms in total. The summed E-state index contributed by atoms with van der Waals surface area (Å²) in [6, 6.07) is 1.35. The zero-order valence-electron chi connectivity index (χ0n) is 11.6. The van der Waals surface area contributed by atoms with Gasteiger partial charge in [-0.15, -0.1) is 0 Å². The summed E-state index contributed by atoms with van der Waals surface area (Å²) in [5.41, 5.74) is -0.246. The van der Waals surface area contributed by atoms with Crippen LogP contribution in [0.5, 0.6) is 5.75 Å². The van der Waals surface area contributed by atoms with Crippen LogP contribution in [0.15, 0.2) is 21.5 Å². The molecule has 0 amide bonds. The van der Waals surface area contributed by atoms with Crippen molar-refractivity contribution in [3.63, 3.8) is 0 Å². The number of rotatable bonds is 5. The van der Waals surface area contributed by atoms with E-state index in [1.54, 1.807) is 0 Å². The zero-order valence-corrected chi connectivity index (χ0v) is 11.6. The van der Waals surface area contributed by atoms with Gasteiger partial charge in [0.05, 0.1) is 7.11 Å².